The van der Waals surface area contributed by atoms with Crippen molar-refractivity contribution in [2.45, 2.75) is 46.1 Å². The van der Waals surface area contributed by atoms with Gasteiger partial charge in [-0.3, -0.25) is 4.79 Å². The van der Waals surface area contributed by atoms with Crippen LogP contribution in [0.15, 0.2) is 47.4 Å². The molecular weight excluding hydrogens is 333 g/mol. The first-order chi connectivity index (χ1) is 12.0. The van der Waals surface area contributed by atoms with Crippen molar-refractivity contribution in [3.8, 4) is 10.4 Å². The van der Waals surface area contributed by atoms with E-state index >= 15 is 0 Å². The summed E-state index contributed by atoms with van der Waals surface area (Å²) in [6.45, 7) is 6.31. The Morgan fingerprint density at radius 3 is 2.60 bits per heavy atom. The highest BCUT2D eigenvalue weighted by molar-refractivity contribution is 7.14. The fourth-order valence-electron chi connectivity index (χ4n) is 3.18. The molecule has 1 aliphatic rings. The van der Waals surface area contributed by atoms with Crippen LogP contribution in [0.5, 0.6) is 0 Å². The summed E-state index contributed by atoms with van der Waals surface area (Å²) >= 11 is 1.58. The Hall–Kier alpha value is -1.94. The molecule has 1 aromatic carbocycles. The van der Waals surface area contributed by atoms with Crippen molar-refractivity contribution >= 4 is 22.9 Å². The Labute approximate surface area is 153 Å². The van der Waals surface area contributed by atoms with Crippen molar-refractivity contribution in [3.05, 3.63) is 53.2 Å². The second-order valence-corrected chi connectivity index (χ2v) is 7.97. The van der Waals surface area contributed by atoms with Gasteiger partial charge in [0, 0.05) is 21.9 Å². The summed E-state index contributed by atoms with van der Waals surface area (Å²) in [6.07, 6.45) is 5.03. The average Bonchev–Trinajstić information content (AvgIpc) is 3.05. The van der Waals surface area contributed by atoms with Crippen LogP contribution in [0.4, 0.5) is 10.1 Å². The maximum atomic E-state index is 13.1. The molecule has 2 nitrogen and oxygen atoms in total. The summed E-state index contributed by atoms with van der Waals surface area (Å²) in [5.74, 6) is 0.540. The van der Waals surface area contributed by atoms with E-state index in [-0.39, 0.29) is 17.8 Å². The predicted molar refractivity (Wildman–Crippen MR) is 103 cm³/mol. The van der Waals surface area contributed by atoms with Crippen molar-refractivity contribution in [2.24, 2.45) is 5.92 Å². The minimum absolute atomic E-state index is 0.0865. The lowest BCUT2D eigenvalue weighted by Gasteiger charge is -2.28. The number of amides is 1. The molecule has 2 aromatic rings. The molecule has 1 unspecified atom stereocenters. The van der Waals surface area contributed by atoms with E-state index in [9.17, 15) is 9.18 Å². The third kappa shape index (κ3) is 4.01. The highest BCUT2D eigenvalue weighted by Gasteiger charge is 2.25. The smallest absolute Gasteiger partial charge is 0.254 e. The molecule has 1 aromatic heterocycles. The molecule has 3 rings (SSSR count). The summed E-state index contributed by atoms with van der Waals surface area (Å²) in [5, 5.41) is 2.02. The van der Waals surface area contributed by atoms with Gasteiger partial charge in [0.1, 0.15) is 5.82 Å². The molecule has 0 saturated heterocycles. The second-order valence-electron chi connectivity index (χ2n) is 7.05. The van der Waals surface area contributed by atoms with Crippen LogP contribution in [0, 0.1) is 11.7 Å². The predicted octanol–water partition coefficient (Wildman–Crippen LogP) is 6.04. The van der Waals surface area contributed by atoms with Gasteiger partial charge in [-0.05, 0) is 62.8 Å². The van der Waals surface area contributed by atoms with Gasteiger partial charge >= 0.3 is 0 Å². The van der Waals surface area contributed by atoms with Crippen LogP contribution in [-0.4, -0.2) is 11.9 Å². The number of nitrogens with zero attached hydrogens (tertiary/aromatic N) is 1. The van der Waals surface area contributed by atoms with Crippen LogP contribution in [0.3, 0.4) is 0 Å². The van der Waals surface area contributed by atoms with Crippen LogP contribution in [0.1, 0.15) is 40.0 Å². The van der Waals surface area contributed by atoms with Gasteiger partial charge in [0.15, 0.2) is 0 Å². The third-order valence-corrected chi connectivity index (χ3v) is 5.64. The first-order valence-electron chi connectivity index (χ1n) is 8.82. The molecule has 0 fully saturated rings. The molecular formula is C21H24FNOS. The maximum Gasteiger partial charge on any atom is 0.254 e. The van der Waals surface area contributed by atoms with Crippen molar-refractivity contribution in [1.82, 2.24) is 0 Å². The highest BCUT2D eigenvalue weighted by Crippen LogP contribution is 2.34. The number of allylic oxidation sites excluding steroid dienone is 1. The number of anilines is 1. The van der Waals surface area contributed by atoms with Crippen LogP contribution >= 0.6 is 11.3 Å². The topological polar surface area (TPSA) is 20.3 Å². The van der Waals surface area contributed by atoms with Gasteiger partial charge in [-0.1, -0.05) is 25.1 Å². The van der Waals surface area contributed by atoms with Crippen molar-refractivity contribution < 1.29 is 9.18 Å². The van der Waals surface area contributed by atoms with Gasteiger partial charge in [0.05, 0.1) is 5.69 Å². The van der Waals surface area contributed by atoms with Crippen molar-refractivity contribution in [1.29, 1.82) is 0 Å². The average molecular weight is 357 g/mol. The van der Waals surface area contributed by atoms with Crippen LogP contribution in [0.25, 0.3) is 10.4 Å². The van der Waals surface area contributed by atoms with Crippen LogP contribution in [0.2, 0.25) is 0 Å². The van der Waals surface area contributed by atoms with Crippen molar-refractivity contribution in [2.75, 3.05) is 4.90 Å². The molecule has 0 spiro atoms. The first-order valence-corrected chi connectivity index (χ1v) is 9.70. The van der Waals surface area contributed by atoms with Gasteiger partial charge < -0.3 is 4.90 Å². The van der Waals surface area contributed by atoms with E-state index in [1.54, 1.807) is 23.5 Å². The van der Waals surface area contributed by atoms with E-state index in [1.807, 2.05) is 30.2 Å². The Morgan fingerprint density at radius 1 is 1.28 bits per heavy atom. The van der Waals surface area contributed by atoms with E-state index in [2.05, 4.69) is 13.0 Å². The van der Waals surface area contributed by atoms with E-state index in [4.69, 9.17) is 0 Å². The highest BCUT2D eigenvalue weighted by atomic mass is 32.1. The number of hydrogen-bond donors (Lipinski definition) is 0. The zero-order chi connectivity index (χ0) is 18.0. The zero-order valence-electron chi connectivity index (χ0n) is 15.0. The molecule has 1 aliphatic carbocycles. The number of thiophene rings is 1. The van der Waals surface area contributed by atoms with Crippen molar-refractivity contribution in [3.63, 3.8) is 0 Å². The van der Waals surface area contributed by atoms with Crippen LogP contribution < -0.4 is 4.90 Å². The Morgan fingerprint density at radius 2 is 2.00 bits per heavy atom. The summed E-state index contributed by atoms with van der Waals surface area (Å²) in [4.78, 5) is 16.0. The van der Waals surface area contributed by atoms with Crippen LogP contribution in [-0.2, 0) is 4.79 Å². The molecule has 0 bridgehead atoms. The minimum atomic E-state index is -0.238. The molecule has 25 heavy (non-hydrogen) atoms. The maximum absolute atomic E-state index is 13.1. The quantitative estimate of drug-likeness (QED) is 0.653. The number of carbonyl (C=O) groups is 1. The van der Waals surface area contributed by atoms with Gasteiger partial charge in [-0.25, -0.2) is 4.39 Å². The summed E-state index contributed by atoms with van der Waals surface area (Å²) < 4.78 is 13.1. The molecule has 1 amide bonds. The van der Waals surface area contributed by atoms with E-state index < -0.39 is 0 Å². The molecule has 132 valence electrons. The van der Waals surface area contributed by atoms with Gasteiger partial charge in [0.25, 0.3) is 5.91 Å². The Balaban J connectivity index is 1.86. The molecule has 1 heterocycles. The lowest BCUT2D eigenvalue weighted by atomic mass is 9.90. The summed E-state index contributed by atoms with van der Waals surface area (Å²) in [6, 6.07) is 8.60. The number of benzene rings is 1. The normalized spacial score (nSPS) is 17.5. The molecule has 4 heteroatoms. The van der Waals surface area contributed by atoms with Gasteiger partial charge in [-0.2, -0.15) is 0 Å². The first kappa shape index (κ1) is 17.9. The lowest BCUT2D eigenvalue weighted by Crippen LogP contribution is -2.38. The van der Waals surface area contributed by atoms with Gasteiger partial charge in [0.2, 0.25) is 0 Å². The SMILES string of the molecule is CC1CC=C(C(=O)N(c2csc(-c3ccc(F)cc3)c2)C(C)C)CC1. The molecule has 0 saturated carbocycles. The monoisotopic (exact) mass is 357 g/mol. The summed E-state index contributed by atoms with van der Waals surface area (Å²) in [7, 11) is 0. The Kier molecular flexibility index (Phi) is 5.38. The number of halogens is 1. The van der Waals surface area contributed by atoms with Gasteiger partial charge in [-0.15, -0.1) is 11.3 Å². The number of carbonyl (C=O) groups excluding carboxylic acids is 1. The lowest BCUT2D eigenvalue weighted by molar-refractivity contribution is -0.115. The number of hydrogen-bond acceptors (Lipinski definition) is 2. The minimum Gasteiger partial charge on any atom is -0.305 e. The fourth-order valence-corrected chi connectivity index (χ4v) is 4.07. The fraction of sp³-hybridized carbons (Fsp3) is 0.381. The second kappa shape index (κ2) is 7.52. The molecule has 0 radical (unpaired) electrons. The third-order valence-electron chi connectivity index (χ3n) is 4.68. The van der Waals surface area contributed by atoms with E-state index in [0.717, 1.165) is 41.0 Å². The Bertz CT molecular complexity index is 775. The summed E-state index contributed by atoms with van der Waals surface area (Å²) in [5.41, 5.74) is 2.82. The largest absolute Gasteiger partial charge is 0.305 e. The number of rotatable bonds is 4. The molecule has 1 atom stereocenters. The molecule has 0 aliphatic heterocycles. The van der Waals surface area contributed by atoms with E-state index in [1.165, 1.54) is 12.1 Å². The standard InChI is InChI=1S/C21H24FNOS/c1-14(2)23(21(24)17-6-4-15(3)5-7-17)19-12-20(25-13-19)16-8-10-18(22)11-9-16/h6,8-15H,4-5,7H2,1-3H3. The molecule has 0 N–H and O–H groups in total. The van der Waals surface area contributed by atoms with E-state index in [0.29, 0.717) is 5.92 Å². The zero-order valence-corrected chi connectivity index (χ0v) is 15.8.